The number of rotatable bonds is 1. The number of pyridine rings is 2. The van der Waals surface area contributed by atoms with E-state index < -0.39 is 0 Å². The van der Waals surface area contributed by atoms with Crippen molar-refractivity contribution in [3.8, 4) is 11.3 Å². The number of hydrogen-bond acceptors (Lipinski definition) is 3. The van der Waals surface area contributed by atoms with E-state index in [4.69, 9.17) is 28.9 Å². The summed E-state index contributed by atoms with van der Waals surface area (Å²) in [4.78, 5) is 8.22. The van der Waals surface area contributed by atoms with E-state index in [2.05, 4.69) is 9.97 Å². The van der Waals surface area contributed by atoms with Gasteiger partial charge in [0.1, 0.15) is 5.82 Å². The molecule has 0 aliphatic carbocycles. The highest BCUT2D eigenvalue weighted by Crippen LogP contribution is 2.32. The number of aromatic nitrogens is 2. The van der Waals surface area contributed by atoms with E-state index in [1.807, 2.05) is 13.0 Å². The largest absolute Gasteiger partial charge is 0.382 e. The van der Waals surface area contributed by atoms with Gasteiger partial charge in [-0.2, -0.15) is 0 Å². The second-order valence-electron chi connectivity index (χ2n) is 3.38. The van der Waals surface area contributed by atoms with E-state index in [1.165, 1.54) is 0 Å². The first-order chi connectivity index (χ1) is 7.59. The number of aryl methyl sites for hydroxylation is 1. The molecule has 0 spiro atoms. The monoisotopic (exact) mass is 253 g/mol. The van der Waals surface area contributed by atoms with Gasteiger partial charge < -0.3 is 5.73 Å². The molecule has 0 bridgehead atoms. The Labute approximate surface area is 103 Å². The van der Waals surface area contributed by atoms with Gasteiger partial charge >= 0.3 is 0 Å². The maximum absolute atomic E-state index is 6.08. The van der Waals surface area contributed by atoms with Gasteiger partial charge in [0, 0.05) is 18.0 Å². The van der Waals surface area contributed by atoms with Gasteiger partial charge in [0.25, 0.3) is 0 Å². The van der Waals surface area contributed by atoms with Crippen LogP contribution in [0.3, 0.4) is 0 Å². The van der Waals surface area contributed by atoms with Gasteiger partial charge in [-0.1, -0.05) is 23.2 Å². The standard InChI is InChI=1S/C11H9Cl2N3/c1-6-2-3-15-5-7(6)10-8(12)4-9(13)11(14)16-10/h2-5H,1H3,(H2,14,16). The topological polar surface area (TPSA) is 51.8 Å². The maximum Gasteiger partial charge on any atom is 0.143 e. The molecule has 2 rings (SSSR count). The molecule has 0 saturated carbocycles. The average molecular weight is 254 g/mol. The van der Waals surface area contributed by atoms with Crippen molar-refractivity contribution in [2.24, 2.45) is 0 Å². The summed E-state index contributed by atoms with van der Waals surface area (Å²) in [5.41, 5.74) is 8.15. The summed E-state index contributed by atoms with van der Waals surface area (Å²) in [5.74, 6) is 0.268. The van der Waals surface area contributed by atoms with Crippen molar-refractivity contribution in [3.63, 3.8) is 0 Å². The molecule has 0 radical (unpaired) electrons. The van der Waals surface area contributed by atoms with Gasteiger partial charge in [0.05, 0.1) is 15.7 Å². The third-order valence-electron chi connectivity index (χ3n) is 2.25. The summed E-state index contributed by atoms with van der Waals surface area (Å²) in [7, 11) is 0. The zero-order valence-corrected chi connectivity index (χ0v) is 10.0. The average Bonchev–Trinajstić information content (AvgIpc) is 2.25. The normalized spacial score (nSPS) is 10.4. The van der Waals surface area contributed by atoms with Gasteiger partial charge in [-0.3, -0.25) is 4.98 Å². The van der Waals surface area contributed by atoms with Crippen molar-refractivity contribution in [1.82, 2.24) is 9.97 Å². The molecule has 0 unspecified atom stereocenters. The predicted octanol–water partition coefficient (Wildman–Crippen LogP) is 3.34. The van der Waals surface area contributed by atoms with E-state index in [1.54, 1.807) is 18.5 Å². The lowest BCUT2D eigenvalue weighted by Crippen LogP contribution is -1.96. The summed E-state index contributed by atoms with van der Waals surface area (Å²) in [6, 6.07) is 3.48. The van der Waals surface area contributed by atoms with Crippen LogP contribution in [0, 0.1) is 6.92 Å². The molecule has 0 fully saturated rings. The Morgan fingerprint density at radius 3 is 2.69 bits per heavy atom. The second kappa shape index (κ2) is 4.28. The van der Waals surface area contributed by atoms with Crippen LogP contribution < -0.4 is 5.73 Å². The Balaban J connectivity index is 2.65. The fraction of sp³-hybridized carbons (Fsp3) is 0.0909. The minimum absolute atomic E-state index is 0.268. The summed E-state index contributed by atoms with van der Waals surface area (Å²) in [5, 5.41) is 0.825. The minimum Gasteiger partial charge on any atom is -0.382 e. The highest BCUT2D eigenvalue weighted by Gasteiger charge is 2.11. The SMILES string of the molecule is Cc1ccncc1-c1nc(N)c(Cl)cc1Cl. The molecular weight excluding hydrogens is 245 g/mol. The molecule has 2 aromatic rings. The molecule has 2 heterocycles. The van der Waals surface area contributed by atoms with Crippen LogP contribution in [0.25, 0.3) is 11.3 Å². The second-order valence-corrected chi connectivity index (χ2v) is 4.19. The Bertz CT molecular complexity index is 541. The Kier molecular flexibility index (Phi) is 2.99. The van der Waals surface area contributed by atoms with Gasteiger partial charge in [-0.25, -0.2) is 4.98 Å². The zero-order valence-electron chi connectivity index (χ0n) is 8.54. The lowest BCUT2D eigenvalue weighted by atomic mass is 10.1. The molecule has 3 nitrogen and oxygen atoms in total. The highest BCUT2D eigenvalue weighted by atomic mass is 35.5. The molecule has 0 aliphatic rings. The number of nitrogens with zero attached hydrogens (tertiary/aromatic N) is 2. The molecule has 82 valence electrons. The lowest BCUT2D eigenvalue weighted by molar-refractivity contribution is 1.25. The molecule has 0 saturated heterocycles. The van der Waals surface area contributed by atoms with Crippen molar-refractivity contribution < 1.29 is 0 Å². The number of anilines is 1. The Morgan fingerprint density at radius 1 is 1.25 bits per heavy atom. The third kappa shape index (κ3) is 1.96. The van der Waals surface area contributed by atoms with Gasteiger partial charge in [0.2, 0.25) is 0 Å². The van der Waals surface area contributed by atoms with E-state index in [0.717, 1.165) is 11.1 Å². The first kappa shape index (κ1) is 11.2. The van der Waals surface area contributed by atoms with Crippen molar-refractivity contribution >= 4 is 29.0 Å². The molecule has 0 aliphatic heterocycles. The number of halogens is 2. The van der Waals surface area contributed by atoms with E-state index >= 15 is 0 Å². The highest BCUT2D eigenvalue weighted by molar-refractivity contribution is 6.37. The van der Waals surface area contributed by atoms with E-state index in [0.29, 0.717) is 15.7 Å². The first-order valence-electron chi connectivity index (χ1n) is 4.62. The van der Waals surface area contributed by atoms with Crippen LogP contribution in [0.2, 0.25) is 10.0 Å². The number of hydrogen-bond donors (Lipinski definition) is 1. The summed E-state index contributed by atoms with van der Waals surface area (Å²) < 4.78 is 0. The molecule has 2 N–H and O–H groups in total. The molecule has 0 amide bonds. The first-order valence-corrected chi connectivity index (χ1v) is 5.37. The van der Waals surface area contributed by atoms with Crippen LogP contribution in [0.15, 0.2) is 24.5 Å². The fourth-order valence-electron chi connectivity index (χ4n) is 1.38. The van der Waals surface area contributed by atoms with Crippen LogP contribution in [-0.4, -0.2) is 9.97 Å². The maximum atomic E-state index is 6.08. The van der Waals surface area contributed by atoms with Crippen LogP contribution in [-0.2, 0) is 0 Å². The van der Waals surface area contributed by atoms with E-state index in [9.17, 15) is 0 Å². The van der Waals surface area contributed by atoms with Crippen LogP contribution in [0.4, 0.5) is 5.82 Å². The Hall–Kier alpha value is -1.32. The molecule has 0 aromatic carbocycles. The fourth-order valence-corrected chi connectivity index (χ4v) is 1.84. The van der Waals surface area contributed by atoms with Crippen molar-refractivity contribution in [2.75, 3.05) is 5.73 Å². The lowest BCUT2D eigenvalue weighted by Gasteiger charge is -2.08. The quantitative estimate of drug-likeness (QED) is 0.849. The molecule has 0 atom stereocenters. The van der Waals surface area contributed by atoms with Crippen LogP contribution in [0.1, 0.15) is 5.56 Å². The van der Waals surface area contributed by atoms with Crippen molar-refractivity contribution in [2.45, 2.75) is 6.92 Å². The Morgan fingerprint density at radius 2 is 2.00 bits per heavy atom. The van der Waals surface area contributed by atoms with Crippen LogP contribution in [0.5, 0.6) is 0 Å². The summed E-state index contributed by atoms with van der Waals surface area (Å²) in [6.07, 6.45) is 3.42. The van der Waals surface area contributed by atoms with Crippen LogP contribution >= 0.6 is 23.2 Å². The van der Waals surface area contributed by atoms with Crippen molar-refractivity contribution in [1.29, 1.82) is 0 Å². The van der Waals surface area contributed by atoms with Gasteiger partial charge in [-0.05, 0) is 24.6 Å². The smallest absolute Gasteiger partial charge is 0.143 e. The van der Waals surface area contributed by atoms with Gasteiger partial charge in [0.15, 0.2) is 0 Å². The molecule has 2 aromatic heterocycles. The van der Waals surface area contributed by atoms with Gasteiger partial charge in [-0.15, -0.1) is 0 Å². The van der Waals surface area contributed by atoms with Crippen molar-refractivity contribution in [3.05, 3.63) is 40.1 Å². The third-order valence-corrected chi connectivity index (χ3v) is 2.84. The molecule has 16 heavy (non-hydrogen) atoms. The summed E-state index contributed by atoms with van der Waals surface area (Å²) in [6.45, 7) is 1.96. The molecule has 5 heteroatoms. The molecular formula is C11H9Cl2N3. The number of nitrogens with two attached hydrogens (primary N) is 1. The summed E-state index contributed by atoms with van der Waals surface area (Å²) >= 11 is 11.9. The minimum atomic E-state index is 0.268. The predicted molar refractivity (Wildman–Crippen MR) is 66.6 cm³/mol. The zero-order chi connectivity index (χ0) is 11.7. The van der Waals surface area contributed by atoms with E-state index in [-0.39, 0.29) is 5.82 Å². The number of nitrogen functional groups attached to an aromatic ring is 1.